The minimum atomic E-state index is -3.92. The lowest BCUT2D eigenvalue weighted by Gasteiger charge is -2.17. The van der Waals surface area contributed by atoms with Gasteiger partial charge in [0.15, 0.2) is 0 Å². The third-order valence-electron chi connectivity index (χ3n) is 4.69. The number of ether oxygens (including phenoxy) is 1. The van der Waals surface area contributed by atoms with Gasteiger partial charge in [-0.05, 0) is 24.3 Å². The standard InChI is InChI=1S/C17H18FN5O4S/c1-22-10-8-19-16(22)28(24,25)23-9-7-17(18,11-23)15-20-14(21-27-15)12-3-5-13(26-2)6-4-12/h3-6,8,10H,7,9,11H2,1-2H3. The molecule has 1 aromatic carbocycles. The van der Waals surface area contributed by atoms with Crippen molar-refractivity contribution in [2.45, 2.75) is 17.2 Å². The van der Waals surface area contributed by atoms with Crippen LogP contribution in [0.25, 0.3) is 11.4 Å². The first kappa shape index (κ1) is 18.6. The van der Waals surface area contributed by atoms with Crippen LogP contribution in [0.15, 0.2) is 46.3 Å². The largest absolute Gasteiger partial charge is 0.497 e. The van der Waals surface area contributed by atoms with Crippen molar-refractivity contribution in [1.82, 2.24) is 24.0 Å². The fraction of sp³-hybridized carbons (Fsp3) is 0.353. The van der Waals surface area contributed by atoms with Gasteiger partial charge in [0.25, 0.3) is 15.9 Å². The van der Waals surface area contributed by atoms with Gasteiger partial charge in [0.05, 0.1) is 13.7 Å². The van der Waals surface area contributed by atoms with Gasteiger partial charge in [0, 0.05) is 38.0 Å². The van der Waals surface area contributed by atoms with Crippen molar-refractivity contribution in [3.05, 3.63) is 42.5 Å². The zero-order valence-corrected chi connectivity index (χ0v) is 16.1. The van der Waals surface area contributed by atoms with E-state index >= 15 is 4.39 Å². The molecule has 1 aliphatic heterocycles. The maximum Gasteiger partial charge on any atom is 0.277 e. The van der Waals surface area contributed by atoms with Crippen LogP contribution in [0, 0.1) is 0 Å². The quantitative estimate of drug-likeness (QED) is 0.635. The van der Waals surface area contributed by atoms with Crippen LogP contribution < -0.4 is 4.74 Å². The van der Waals surface area contributed by atoms with Crippen molar-refractivity contribution >= 4 is 10.0 Å². The summed E-state index contributed by atoms with van der Waals surface area (Å²) < 4.78 is 53.6. The molecule has 0 N–H and O–H groups in total. The highest BCUT2D eigenvalue weighted by molar-refractivity contribution is 7.89. The SMILES string of the molecule is COc1ccc(-c2noc(C3(F)CCN(S(=O)(=O)c4nccn4C)C3)n2)cc1. The maximum absolute atomic E-state index is 15.5. The van der Waals surface area contributed by atoms with Crippen LogP contribution in [-0.4, -0.2) is 52.6 Å². The number of benzene rings is 1. The number of halogens is 1. The normalized spacial score (nSPS) is 20.5. The van der Waals surface area contributed by atoms with E-state index < -0.39 is 22.2 Å². The molecule has 0 amide bonds. The number of sulfonamides is 1. The first-order valence-corrected chi connectivity index (χ1v) is 9.92. The fourth-order valence-corrected chi connectivity index (χ4v) is 4.65. The number of methoxy groups -OCH3 is 1. The minimum Gasteiger partial charge on any atom is -0.497 e. The maximum atomic E-state index is 15.5. The summed E-state index contributed by atoms with van der Waals surface area (Å²) in [6.07, 6.45) is 2.82. The van der Waals surface area contributed by atoms with Gasteiger partial charge in [-0.2, -0.15) is 9.29 Å². The van der Waals surface area contributed by atoms with Crippen LogP contribution in [0.5, 0.6) is 5.75 Å². The van der Waals surface area contributed by atoms with Crippen LogP contribution in [0.1, 0.15) is 12.3 Å². The molecule has 0 radical (unpaired) electrons. The van der Waals surface area contributed by atoms with Crippen molar-refractivity contribution in [2.75, 3.05) is 20.2 Å². The molecular formula is C17H18FN5O4S. The third-order valence-corrected chi connectivity index (χ3v) is 6.54. The van der Waals surface area contributed by atoms with E-state index in [1.54, 1.807) is 38.4 Å². The van der Waals surface area contributed by atoms with Crippen LogP contribution in [0.3, 0.4) is 0 Å². The highest BCUT2D eigenvalue weighted by atomic mass is 32.2. The Hall–Kier alpha value is -2.79. The average molecular weight is 407 g/mol. The molecule has 1 fully saturated rings. The van der Waals surface area contributed by atoms with Gasteiger partial charge in [-0.1, -0.05) is 5.16 Å². The van der Waals surface area contributed by atoms with E-state index in [9.17, 15) is 8.42 Å². The van der Waals surface area contributed by atoms with E-state index in [2.05, 4.69) is 15.1 Å². The molecule has 0 bridgehead atoms. The molecule has 1 saturated heterocycles. The molecule has 0 spiro atoms. The molecule has 0 saturated carbocycles. The molecule has 148 valence electrons. The van der Waals surface area contributed by atoms with E-state index in [-0.39, 0.29) is 29.8 Å². The summed E-state index contributed by atoms with van der Waals surface area (Å²) in [6, 6.07) is 6.91. The number of imidazole rings is 1. The predicted octanol–water partition coefficient (Wildman–Crippen LogP) is 1.74. The fourth-order valence-electron chi connectivity index (χ4n) is 3.10. The molecule has 1 atom stereocenters. The zero-order chi connectivity index (χ0) is 19.9. The number of alkyl halides is 1. The Kier molecular flexibility index (Phi) is 4.42. The van der Waals surface area contributed by atoms with Gasteiger partial charge in [-0.15, -0.1) is 0 Å². The van der Waals surface area contributed by atoms with Crippen LogP contribution in [-0.2, 0) is 22.7 Å². The van der Waals surface area contributed by atoms with Gasteiger partial charge in [-0.3, -0.25) is 0 Å². The monoisotopic (exact) mass is 407 g/mol. The number of aryl methyl sites for hydroxylation is 1. The summed E-state index contributed by atoms with van der Waals surface area (Å²) in [6.45, 7) is -0.418. The van der Waals surface area contributed by atoms with Gasteiger partial charge in [0.2, 0.25) is 16.6 Å². The number of aromatic nitrogens is 4. The highest BCUT2D eigenvalue weighted by Crippen LogP contribution is 2.38. The van der Waals surface area contributed by atoms with Crippen molar-refractivity contribution in [1.29, 1.82) is 0 Å². The van der Waals surface area contributed by atoms with Gasteiger partial charge in [-0.25, -0.2) is 17.8 Å². The summed E-state index contributed by atoms with van der Waals surface area (Å²) in [5.74, 6) is 0.649. The second-order valence-corrected chi connectivity index (χ2v) is 8.36. The lowest BCUT2D eigenvalue weighted by Crippen LogP contribution is -2.33. The summed E-state index contributed by atoms with van der Waals surface area (Å²) in [5, 5.41) is 3.69. The Labute approximate surface area is 160 Å². The van der Waals surface area contributed by atoms with E-state index in [0.717, 1.165) is 4.31 Å². The van der Waals surface area contributed by atoms with Gasteiger partial charge >= 0.3 is 0 Å². The first-order valence-electron chi connectivity index (χ1n) is 8.48. The van der Waals surface area contributed by atoms with Crippen molar-refractivity contribution < 1.29 is 22.1 Å². The third kappa shape index (κ3) is 3.06. The Morgan fingerprint density at radius 2 is 2.04 bits per heavy atom. The molecule has 4 rings (SSSR count). The van der Waals surface area contributed by atoms with Crippen LogP contribution >= 0.6 is 0 Å². The molecule has 11 heteroatoms. The first-order chi connectivity index (χ1) is 13.3. The second kappa shape index (κ2) is 6.67. The van der Waals surface area contributed by atoms with Crippen LogP contribution in [0.2, 0.25) is 0 Å². The van der Waals surface area contributed by atoms with Crippen molar-refractivity contribution in [2.24, 2.45) is 7.05 Å². The molecule has 3 heterocycles. The molecule has 3 aromatic rings. The summed E-state index contributed by atoms with van der Waals surface area (Å²) >= 11 is 0. The number of hydrogen-bond donors (Lipinski definition) is 0. The lowest BCUT2D eigenvalue weighted by atomic mass is 10.1. The predicted molar refractivity (Wildman–Crippen MR) is 95.7 cm³/mol. The second-order valence-electron chi connectivity index (χ2n) is 6.53. The van der Waals surface area contributed by atoms with Crippen LogP contribution in [0.4, 0.5) is 4.39 Å². The lowest BCUT2D eigenvalue weighted by molar-refractivity contribution is 0.127. The summed E-state index contributed by atoms with van der Waals surface area (Å²) in [7, 11) is -0.795. The minimum absolute atomic E-state index is 0.00799. The molecule has 1 unspecified atom stereocenters. The average Bonchev–Trinajstić information content (AvgIpc) is 3.42. The Balaban J connectivity index is 1.57. The molecule has 28 heavy (non-hydrogen) atoms. The van der Waals surface area contributed by atoms with Gasteiger partial charge < -0.3 is 13.8 Å². The van der Waals surface area contributed by atoms with Crippen molar-refractivity contribution in [3.63, 3.8) is 0 Å². The smallest absolute Gasteiger partial charge is 0.277 e. The molecule has 2 aromatic heterocycles. The number of hydrogen-bond acceptors (Lipinski definition) is 7. The number of rotatable bonds is 5. The molecule has 1 aliphatic rings. The molecular weight excluding hydrogens is 389 g/mol. The molecule has 0 aliphatic carbocycles. The highest BCUT2D eigenvalue weighted by Gasteiger charge is 2.49. The Morgan fingerprint density at radius 1 is 1.29 bits per heavy atom. The van der Waals surface area contributed by atoms with E-state index in [1.807, 2.05) is 0 Å². The summed E-state index contributed by atoms with van der Waals surface area (Å²) in [4.78, 5) is 8.01. The zero-order valence-electron chi connectivity index (χ0n) is 15.2. The topological polar surface area (TPSA) is 103 Å². The van der Waals surface area contributed by atoms with E-state index in [0.29, 0.717) is 11.3 Å². The van der Waals surface area contributed by atoms with E-state index in [4.69, 9.17) is 9.26 Å². The molecule has 9 nitrogen and oxygen atoms in total. The van der Waals surface area contributed by atoms with Crippen molar-refractivity contribution in [3.8, 4) is 17.1 Å². The Morgan fingerprint density at radius 3 is 2.68 bits per heavy atom. The number of nitrogens with zero attached hydrogens (tertiary/aromatic N) is 5. The van der Waals surface area contributed by atoms with Gasteiger partial charge in [0.1, 0.15) is 5.75 Å². The van der Waals surface area contributed by atoms with E-state index in [1.165, 1.54) is 17.0 Å². The summed E-state index contributed by atoms with van der Waals surface area (Å²) in [5.41, 5.74) is -1.43. The Bertz CT molecular complexity index is 1090.